The van der Waals surface area contributed by atoms with Crippen molar-refractivity contribution in [1.29, 1.82) is 0 Å². The molecule has 136 valence electrons. The van der Waals surface area contributed by atoms with Gasteiger partial charge >= 0.3 is 0 Å². The van der Waals surface area contributed by atoms with Gasteiger partial charge in [0.1, 0.15) is 11.6 Å². The average molecular weight is 358 g/mol. The summed E-state index contributed by atoms with van der Waals surface area (Å²) in [5, 5.41) is 5.63. The van der Waals surface area contributed by atoms with E-state index in [2.05, 4.69) is 10.6 Å². The number of aryl methyl sites for hydroxylation is 1. The lowest BCUT2D eigenvalue weighted by Crippen LogP contribution is -2.32. The molecular formula is C20H20F2N2O2. The molecule has 1 fully saturated rings. The molecule has 2 aromatic rings. The summed E-state index contributed by atoms with van der Waals surface area (Å²) in [5.74, 6) is -2.38. The first-order chi connectivity index (χ1) is 12.4. The molecule has 6 heteroatoms. The Labute approximate surface area is 150 Å². The second-order valence-electron chi connectivity index (χ2n) is 6.60. The van der Waals surface area contributed by atoms with Crippen LogP contribution in [0.1, 0.15) is 52.0 Å². The van der Waals surface area contributed by atoms with Gasteiger partial charge in [0.15, 0.2) is 0 Å². The van der Waals surface area contributed by atoms with Crippen LogP contribution in [0.2, 0.25) is 0 Å². The fraction of sp³-hybridized carbons (Fsp3) is 0.300. The molecule has 3 rings (SSSR count). The highest BCUT2D eigenvalue weighted by atomic mass is 19.1. The first-order valence-corrected chi connectivity index (χ1v) is 8.61. The monoisotopic (exact) mass is 358 g/mol. The third-order valence-electron chi connectivity index (χ3n) is 4.55. The first kappa shape index (κ1) is 18.0. The molecule has 2 N–H and O–H groups in total. The van der Waals surface area contributed by atoms with Crippen LogP contribution in [-0.4, -0.2) is 17.9 Å². The minimum absolute atomic E-state index is 0.107. The molecule has 0 heterocycles. The Bertz CT molecular complexity index is 825. The van der Waals surface area contributed by atoms with Crippen LogP contribution in [0.15, 0.2) is 36.4 Å². The van der Waals surface area contributed by atoms with E-state index in [0.717, 1.165) is 37.8 Å². The molecule has 1 saturated carbocycles. The molecule has 4 nitrogen and oxygen atoms in total. The van der Waals surface area contributed by atoms with E-state index in [4.69, 9.17) is 0 Å². The number of hydrogen-bond acceptors (Lipinski definition) is 2. The summed E-state index contributed by atoms with van der Waals surface area (Å²) in [7, 11) is 0. The third kappa shape index (κ3) is 4.25. The van der Waals surface area contributed by atoms with Crippen molar-refractivity contribution in [2.24, 2.45) is 0 Å². The van der Waals surface area contributed by atoms with Gasteiger partial charge in [-0.05, 0) is 55.7 Å². The normalized spacial score (nSPS) is 14.3. The predicted octanol–water partition coefficient (Wildman–Crippen LogP) is 4.20. The van der Waals surface area contributed by atoms with E-state index in [1.165, 1.54) is 0 Å². The molecule has 1 aliphatic rings. The minimum Gasteiger partial charge on any atom is -0.349 e. The van der Waals surface area contributed by atoms with Gasteiger partial charge < -0.3 is 10.6 Å². The van der Waals surface area contributed by atoms with E-state index in [0.29, 0.717) is 22.9 Å². The molecule has 1 aliphatic carbocycles. The van der Waals surface area contributed by atoms with Crippen molar-refractivity contribution in [3.8, 4) is 0 Å². The Morgan fingerprint density at radius 2 is 1.58 bits per heavy atom. The van der Waals surface area contributed by atoms with Gasteiger partial charge in [-0.3, -0.25) is 9.59 Å². The fourth-order valence-electron chi connectivity index (χ4n) is 3.16. The van der Waals surface area contributed by atoms with Crippen LogP contribution < -0.4 is 10.6 Å². The summed E-state index contributed by atoms with van der Waals surface area (Å²) >= 11 is 0. The van der Waals surface area contributed by atoms with Gasteiger partial charge in [-0.1, -0.05) is 12.8 Å². The maximum absolute atomic E-state index is 13.3. The molecule has 0 saturated heterocycles. The van der Waals surface area contributed by atoms with Crippen molar-refractivity contribution >= 4 is 17.5 Å². The third-order valence-corrected chi connectivity index (χ3v) is 4.55. The zero-order chi connectivity index (χ0) is 18.7. The van der Waals surface area contributed by atoms with Crippen LogP contribution in [-0.2, 0) is 0 Å². The van der Waals surface area contributed by atoms with Gasteiger partial charge in [-0.25, -0.2) is 8.78 Å². The molecule has 0 bridgehead atoms. The fourth-order valence-corrected chi connectivity index (χ4v) is 3.16. The van der Waals surface area contributed by atoms with E-state index in [1.54, 1.807) is 25.1 Å². The average Bonchev–Trinajstić information content (AvgIpc) is 3.08. The number of halogens is 2. The largest absolute Gasteiger partial charge is 0.349 e. The summed E-state index contributed by atoms with van der Waals surface area (Å²) in [5.41, 5.74) is 1.58. The Morgan fingerprint density at radius 1 is 0.923 bits per heavy atom. The van der Waals surface area contributed by atoms with E-state index >= 15 is 0 Å². The topological polar surface area (TPSA) is 58.2 Å². The molecule has 0 unspecified atom stereocenters. The zero-order valence-electron chi connectivity index (χ0n) is 14.4. The van der Waals surface area contributed by atoms with Crippen LogP contribution in [0.3, 0.4) is 0 Å². The number of carbonyl (C=O) groups excluding carboxylic acids is 2. The number of nitrogens with one attached hydrogen (secondary N) is 2. The van der Waals surface area contributed by atoms with E-state index in [1.807, 2.05) is 0 Å². The van der Waals surface area contributed by atoms with Gasteiger partial charge in [0.05, 0.1) is 0 Å². The lowest BCUT2D eigenvalue weighted by Gasteiger charge is -2.14. The molecule has 0 aliphatic heterocycles. The van der Waals surface area contributed by atoms with Gasteiger partial charge in [0.25, 0.3) is 11.8 Å². The van der Waals surface area contributed by atoms with Crippen molar-refractivity contribution < 1.29 is 18.4 Å². The quantitative estimate of drug-likeness (QED) is 0.861. The maximum Gasteiger partial charge on any atom is 0.255 e. The maximum atomic E-state index is 13.3. The van der Waals surface area contributed by atoms with Crippen LogP contribution in [0.4, 0.5) is 14.5 Å². The van der Waals surface area contributed by atoms with Gasteiger partial charge in [-0.2, -0.15) is 0 Å². The summed E-state index contributed by atoms with van der Waals surface area (Å²) in [6.45, 7) is 1.76. The Balaban J connectivity index is 1.70. The van der Waals surface area contributed by atoms with Crippen molar-refractivity contribution in [3.05, 3.63) is 64.7 Å². The van der Waals surface area contributed by atoms with Crippen molar-refractivity contribution in [1.82, 2.24) is 5.32 Å². The van der Waals surface area contributed by atoms with E-state index < -0.39 is 17.5 Å². The summed E-state index contributed by atoms with van der Waals surface area (Å²) in [6.07, 6.45) is 4.28. The summed E-state index contributed by atoms with van der Waals surface area (Å²) in [6, 6.07) is 7.80. The number of rotatable bonds is 4. The highest BCUT2D eigenvalue weighted by Crippen LogP contribution is 2.21. The highest BCUT2D eigenvalue weighted by Gasteiger charge is 2.18. The molecule has 2 amide bonds. The highest BCUT2D eigenvalue weighted by molar-refractivity contribution is 6.05. The molecular weight excluding hydrogens is 338 g/mol. The zero-order valence-corrected chi connectivity index (χ0v) is 14.4. The van der Waals surface area contributed by atoms with Crippen molar-refractivity contribution in [3.63, 3.8) is 0 Å². The Morgan fingerprint density at radius 3 is 2.19 bits per heavy atom. The van der Waals surface area contributed by atoms with Crippen LogP contribution in [0.25, 0.3) is 0 Å². The molecule has 2 aromatic carbocycles. The van der Waals surface area contributed by atoms with Gasteiger partial charge in [-0.15, -0.1) is 0 Å². The van der Waals surface area contributed by atoms with E-state index in [-0.39, 0.29) is 17.5 Å². The second kappa shape index (κ2) is 7.64. The lowest BCUT2D eigenvalue weighted by molar-refractivity contribution is 0.0937. The van der Waals surface area contributed by atoms with Crippen LogP contribution in [0.5, 0.6) is 0 Å². The standard InChI is InChI=1S/C20H20F2N2O2/c1-12-8-13(19(25)23-17-4-2-3-5-17)6-7-18(12)24-20(26)14-9-15(21)11-16(22)10-14/h6-11,17H,2-5H2,1H3,(H,23,25)(H,24,26). The molecule has 0 aromatic heterocycles. The minimum atomic E-state index is -0.814. The van der Waals surface area contributed by atoms with Crippen molar-refractivity contribution in [2.45, 2.75) is 38.6 Å². The number of amides is 2. The Hall–Kier alpha value is -2.76. The van der Waals surface area contributed by atoms with E-state index in [9.17, 15) is 18.4 Å². The number of hydrogen-bond donors (Lipinski definition) is 2. The molecule has 0 radical (unpaired) electrons. The molecule has 26 heavy (non-hydrogen) atoms. The first-order valence-electron chi connectivity index (χ1n) is 8.61. The Kier molecular flexibility index (Phi) is 5.30. The SMILES string of the molecule is Cc1cc(C(=O)NC2CCCC2)ccc1NC(=O)c1cc(F)cc(F)c1. The lowest BCUT2D eigenvalue weighted by atomic mass is 10.1. The number of carbonyl (C=O) groups is 2. The molecule has 0 atom stereocenters. The smallest absolute Gasteiger partial charge is 0.255 e. The predicted molar refractivity (Wildman–Crippen MR) is 95.2 cm³/mol. The van der Waals surface area contributed by atoms with Crippen molar-refractivity contribution in [2.75, 3.05) is 5.32 Å². The van der Waals surface area contributed by atoms with Crippen LogP contribution >= 0.6 is 0 Å². The second-order valence-corrected chi connectivity index (χ2v) is 6.60. The summed E-state index contributed by atoms with van der Waals surface area (Å²) in [4.78, 5) is 24.5. The van der Waals surface area contributed by atoms with Crippen LogP contribution in [0, 0.1) is 18.6 Å². The number of benzene rings is 2. The summed E-state index contributed by atoms with van der Waals surface area (Å²) < 4.78 is 26.5. The number of anilines is 1. The van der Waals surface area contributed by atoms with Gasteiger partial charge in [0.2, 0.25) is 0 Å². The molecule has 0 spiro atoms. The van der Waals surface area contributed by atoms with Gasteiger partial charge in [0, 0.05) is 28.9 Å².